The molecular weight excluding hydrogens is 399 g/mol. The normalized spacial score (nSPS) is 12.3. The maximum Gasteiger partial charge on any atom is 0.250 e. The Balaban J connectivity index is 2.06. The summed E-state index contributed by atoms with van der Waals surface area (Å²) >= 11 is 2.34. The standard InChI is InChI=1S/C19H25IOSi/c1-19(2,3)22(4,5)21-18-12-8-16(9-13-18)14-15-6-10-17(20)11-7-15/h6-13H,14H2,1-5H3. The maximum atomic E-state index is 6.33. The fraction of sp³-hybridized carbons (Fsp3) is 0.368. The lowest BCUT2D eigenvalue weighted by Gasteiger charge is -2.36. The molecule has 0 radical (unpaired) electrons. The first-order valence-electron chi connectivity index (χ1n) is 7.70. The Morgan fingerprint density at radius 2 is 1.32 bits per heavy atom. The highest BCUT2D eigenvalue weighted by molar-refractivity contribution is 14.1. The third kappa shape index (κ3) is 4.59. The summed E-state index contributed by atoms with van der Waals surface area (Å²) in [6, 6.07) is 17.3. The van der Waals surface area contributed by atoms with Crippen molar-refractivity contribution in [2.75, 3.05) is 0 Å². The van der Waals surface area contributed by atoms with Crippen LogP contribution in [0.25, 0.3) is 0 Å². The van der Waals surface area contributed by atoms with Crippen LogP contribution in [0.5, 0.6) is 5.75 Å². The molecule has 0 amide bonds. The van der Waals surface area contributed by atoms with Crippen LogP contribution in [0.15, 0.2) is 48.5 Å². The molecule has 0 aliphatic carbocycles. The van der Waals surface area contributed by atoms with E-state index in [0.29, 0.717) is 0 Å². The second-order valence-electron chi connectivity index (χ2n) is 7.31. The highest BCUT2D eigenvalue weighted by Gasteiger charge is 2.38. The van der Waals surface area contributed by atoms with Gasteiger partial charge in [0, 0.05) is 3.57 Å². The molecule has 2 rings (SSSR count). The lowest BCUT2D eigenvalue weighted by Crippen LogP contribution is -2.43. The number of rotatable bonds is 4. The average molecular weight is 424 g/mol. The molecule has 0 bridgehead atoms. The third-order valence-electron chi connectivity index (χ3n) is 4.42. The number of benzene rings is 2. The van der Waals surface area contributed by atoms with Crippen LogP contribution in [0, 0.1) is 3.57 Å². The Kier molecular flexibility index (Phi) is 5.38. The van der Waals surface area contributed by atoms with Crippen molar-refractivity contribution in [2.45, 2.75) is 45.3 Å². The summed E-state index contributed by atoms with van der Waals surface area (Å²) in [5.41, 5.74) is 2.67. The van der Waals surface area contributed by atoms with Crippen LogP contribution in [-0.4, -0.2) is 8.32 Å². The van der Waals surface area contributed by atoms with Gasteiger partial charge in [0.2, 0.25) is 8.32 Å². The van der Waals surface area contributed by atoms with E-state index < -0.39 is 8.32 Å². The van der Waals surface area contributed by atoms with Gasteiger partial charge < -0.3 is 4.43 Å². The average Bonchev–Trinajstić information content (AvgIpc) is 2.42. The first-order chi connectivity index (χ1) is 10.2. The van der Waals surface area contributed by atoms with Gasteiger partial charge in [0.15, 0.2) is 0 Å². The Hall–Kier alpha value is -0.813. The first-order valence-corrected chi connectivity index (χ1v) is 11.7. The number of hydrogen-bond acceptors (Lipinski definition) is 1. The summed E-state index contributed by atoms with van der Waals surface area (Å²) < 4.78 is 7.60. The largest absolute Gasteiger partial charge is 0.544 e. The van der Waals surface area contributed by atoms with Crippen LogP contribution in [-0.2, 0) is 6.42 Å². The van der Waals surface area contributed by atoms with Gasteiger partial charge in [-0.05, 0) is 82.5 Å². The topological polar surface area (TPSA) is 9.23 Å². The van der Waals surface area contributed by atoms with Crippen LogP contribution < -0.4 is 4.43 Å². The molecular formula is C19H25IOSi. The predicted octanol–water partition coefficient (Wildman–Crippen LogP) is 6.27. The van der Waals surface area contributed by atoms with E-state index in [4.69, 9.17) is 4.43 Å². The van der Waals surface area contributed by atoms with Crippen molar-refractivity contribution in [1.29, 1.82) is 0 Å². The molecule has 0 fully saturated rings. The Morgan fingerprint density at radius 3 is 1.77 bits per heavy atom. The smallest absolute Gasteiger partial charge is 0.250 e. The summed E-state index contributed by atoms with van der Waals surface area (Å²) in [6.07, 6.45) is 0.970. The van der Waals surface area contributed by atoms with Crippen molar-refractivity contribution in [1.82, 2.24) is 0 Å². The zero-order valence-electron chi connectivity index (χ0n) is 14.1. The molecule has 0 aliphatic heterocycles. The molecule has 0 aliphatic rings. The third-order valence-corrected chi connectivity index (χ3v) is 9.50. The molecule has 0 heterocycles. The lowest BCUT2D eigenvalue weighted by molar-refractivity contribution is 0.492. The molecule has 2 aromatic carbocycles. The molecule has 0 aromatic heterocycles. The predicted molar refractivity (Wildman–Crippen MR) is 106 cm³/mol. The molecule has 1 nitrogen and oxygen atoms in total. The number of halogens is 1. The summed E-state index contributed by atoms with van der Waals surface area (Å²) in [5.74, 6) is 0.998. The van der Waals surface area contributed by atoms with Gasteiger partial charge in [0.05, 0.1) is 0 Å². The highest BCUT2D eigenvalue weighted by atomic mass is 127. The molecule has 118 valence electrons. The minimum Gasteiger partial charge on any atom is -0.544 e. The van der Waals surface area contributed by atoms with E-state index in [9.17, 15) is 0 Å². The molecule has 2 aromatic rings. The monoisotopic (exact) mass is 424 g/mol. The van der Waals surface area contributed by atoms with E-state index in [1.165, 1.54) is 14.7 Å². The quantitative estimate of drug-likeness (QED) is 0.416. The van der Waals surface area contributed by atoms with E-state index in [0.717, 1.165) is 12.2 Å². The van der Waals surface area contributed by atoms with E-state index in [2.05, 4.69) is 105 Å². The van der Waals surface area contributed by atoms with E-state index in [-0.39, 0.29) is 5.04 Å². The van der Waals surface area contributed by atoms with E-state index >= 15 is 0 Å². The lowest BCUT2D eigenvalue weighted by atomic mass is 10.1. The maximum absolute atomic E-state index is 6.33. The van der Waals surface area contributed by atoms with Crippen LogP contribution >= 0.6 is 22.6 Å². The fourth-order valence-electron chi connectivity index (χ4n) is 1.96. The van der Waals surface area contributed by atoms with Crippen molar-refractivity contribution < 1.29 is 4.43 Å². The Bertz CT molecular complexity index is 609. The highest BCUT2D eigenvalue weighted by Crippen LogP contribution is 2.37. The van der Waals surface area contributed by atoms with E-state index in [1.54, 1.807) is 0 Å². The fourth-order valence-corrected chi connectivity index (χ4v) is 3.35. The molecule has 3 heteroatoms. The zero-order chi connectivity index (χ0) is 16.4. The Labute approximate surface area is 149 Å². The first kappa shape index (κ1) is 17.5. The molecule has 0 saturated carbocycles. The van der Waals surface area contributed by atoms with Crippen molar-refractivity contribution >= 4 is 30.9 Å². The molecule has 0 N–H and O–H groups in total. The summed E-state index contributed by atoms with van der Waals surface area (Å²) in [5, 5.41) is 0.229. The molecule has 22 heavy (non-hydrogen) atoms. The van der Waals surface area contributed by atoms with Crippen molar-refractivity contribution in [2.24, 2.45) is 0 Å². The second-order valence-corrected chi connectivity index (χ2v) is 13.3. The summed E-state index contributed by atoms with van der Waals surface area (Å²) in [6.45, 7) is 11.4. The van der Waals surface area contributed by atoms with Crippen molar-refractivity contribution in [3.8, 4) is 5.75 Å². The SMILES string of the molecule is CC(C)(C)[Si](C)(C)Oc1ccc(Cc2ccc(I)cc2)cc1. The van der Waals surface area contributed by atoms with Gasteiger partial charge in [0.25, 0.3) is 0 Å². The van der Waals surface area contributed by atoms with Gasteiger partial charge in [-0.2, -0.15) is 0 Å². The number of hydrogen-bond donors (Lipinski definition) is 0. The Morgan fingerprint density at radius 1 is 0.864 bits per heavy atom. The van der Waals surface area contributed by atoms with Gasteiger partial charge >= 0.3 is 0 Å². The molecule has 0 spiro atoms. The minimum absolute atomic E-state index is 0.229. The summed E-state index contributed by atoms with van der Waals surface area (Å²) in [4.78, 5) is 0. The van der Waals surface area contributed by atoms with Crippen LogP contribution in [0.4, 0.5) is 0 Å². The molecule has 0 saturated heterocycles. The zero-order valence-corrected chi connectivity index (χ0v) is 17.3. The van der Waals surface area contributed by atoms with Crippen LogP contribution in [0.3, 0.4) is 0 Å². The van der Waals surface area contributed by atoms with Crippen molar-refractivity contribution in [3.63, 3.8) is 0 Å². The van der Waals surface area contributed by atoms with Gasteiger partial charge in [-0.1, -0.05) is 45.0 Å². The van der Waals surface area contributed by atoms with Crippen LogP contribution in [0.1, 0.15) is 31.9 Å². The molecule has 0 unspecified atom stereocenters. The van der Waals surface area contributed by atoms with Gasteiger partial charge in [0.1, 0.15) is 5.75 Å². The second kappa shape index (κ2) is 6.75. The van der Waals surface area contributed by atoms with Crippen LogP contribution in [0.2, 0.25) is 18.1 Å². The van der Waals surface area contributed by atoms with Gasteiger partial charge in [-0.3, -0.25) is 0 Å². The van der Waals surface area contributed by atoms with Gasteiger partial charge in [-0.25, -0.2) is 0 Å². The van der Waals surface area contributed by atoms with Gasteiger partial charge in [-0.15, -0.1) is 0 Å². The summed E-state index contributed by atoms with van der Waals surface area (Å²) in [7, 11) is -1.74. The van der Waals surface area contributed by atoms with Crippen molar-refractivity contribution in [3.05, 3.63) is 63.2 Å². The minimum atomic E-state index is -1.74. The van der Waals surface area contributed by atoms with E-state index in [1.807, 2.05) is 0 Å². The molecule has 0 atom stereocenters.